The van der Waals surface area contributed by atoms with Gasteiger partial charge in [0, 0.05) is 12.6 Å². The van der Waals surface area contributed by atoms with E-state index in [1.807, 2.05) is 13.8 Å². The maximum atomic E-state index is 13.4. The van der Waals surface area contributed by atoms with Crippen molar-refractivity contribution in [2.75, 3.05) is 6.54 Å². The predicted octanol–water partition coefficient (Wildman–Crippen LogP) is 1.82. The van der Waals surface area contributed by atoms with Crippen LogP contribution in [0, 0.1) is 23.4 Å². The fraction of sp³-hybridized carbons (Fsp3) is 0.417. The van der Waals surface area contributed by atoms with Gasteiger partial charge in [0.15, 0.2) is 17.5 Å². The van der Waals surface area contributed by atoms with E-state index in [4.69, 9.17) is 5.73 Å². The Kier molecular flexibility index (Phi) is 4.72. The average Bonchev–Trinajstić information content (AvgIpc) is 2.32. The van der Waals surface area contributed by atoms with Crippen molar-refractivity contribution >= 4 is 5.91 Å². The number of carbonyl (C=O) groups excluding carboxylic acids is 1. The molecule has 0 aliphatic carbocycles. The Hall–Kier alpha value is -1.56. The second-order valence-electron chi connectivity index (χ2n) is 4.28. The van der Waals surface area contributed by atoms with E-state index in [1.165, 1.54) is 0 Å². The van der Waals surface area contributed by atoms with Crippen molar-refractivity contribution in [1.29, 1.82) is 0 Å². The molecule has 1 amide bonds. The Bertz CT molecular complexity index is 449. The highest BCUT2D eigenvalue weighted by Crippen LogP contribution is 2.15. The van der Waals surface area contributed by atoms with Crippen LogP contribution in [0.15, 0.2) is 12.1 Å². The molecule has 6 heteroatoms. The van der Waals surface area contributed by atoms with Crippen LogP contribution in [0.1, 0.15) is 24.2 Å². The molecule has 0 heterocycles. The average molecular weight is 260 g/mol. The molecule has 1 aromatic carbocycles. The molecular formula is C12H15F3N2O. The molecule has 1 unspecified atom stereocenters. The minimum absolute atomic E-state index is 0.0484. The van der Waals surface area contributed by atoms with Crippen molar-refractivity contribution in [3.05, 3.63) is 35.1 Å². The van der Waals surface area contributed by atoms with Gasteiger partial charge in [0.1, 0.15) is 0 Å². The van der Waals surface area contributed by atoms with Crippen molar-refractivity contribution < 1.29 is 18.0 Å². The topological polar surface area (TPSA) is 55.1 Å². The maximum absolute atomic E-state index is 13.4. The Labute approximate surface area is 103 Å². The van der Waals surface area contributed by atoms with Gasteiger partial charge in [-0.25, -0.2) is 13.2 Å². The number of rotatable bonds is 4. The fourth-order valence-electron chi connectivity index (χ4n) is 1.45. The van der Waals surface area contributed by atoms with Gasteiger partial charge in [-0.2, -0.15) is 0 Å². The monoisotopic (exact) mass is 260 g/mol. The zero-order chi connectivity index (χ0) is 13.9. The molecule has 3 nitrogen and oxygen atoms in total. The summed E-state index contributed by atoms with van der Waals surface area (Å²) in [7, 11) is 0. The third-order valence-corrected chi connectivity index (χ3v) is 2.65. The van der Waals surface area contributed by atoms with E-state index in [2.05, 4.69) is 5.32 Å². The van der Waals surface area contributed by atoms with Crippen molar-refractivity contribution in [1.82, 2.24) is 5.32 Å². The van der Waals surface area contributed by atoms with E-state index in [0.717, 1.165) is 6.07 Å². The fourth-order valence-corrected chi connectivity index (χ4v) is 1.45. The van der Waals surface area contributed by atoms with Gasteiger partial charge in [-0.05, 0) is 18.1 Å². The lowest BCUT2D eigenvalue weighted by Gasteiger charge is -2.20. The summed E-state index contributed by atoms with van der Waals surface area (Å²) >= 11 is 0. The van der Waals surface area contributed by atoms with Gasteiger partial charge in [-0.3, -0.25) is 4.79 Å². The lowest BCUT2D eigenvalue weighted by molar-refractivity contribution is 0.0922. The maximum Gasteiger partial charge on any atom is 0.254 e. The lowest BCUT2D eigenvalue weighted by atomic mass is 10.0. The van der Waals surface area contributed by atoms with Crippen LogP contribution in [0.3, 0.4) is 0 Å². The van der Waals surface area contributed by atoms with Crippen LogP contribution in [0.4, 0.5) is 13.2 Å². The van der Waals surface area contributed by atoms with Crippen molar-refractivity contribution in [2.45, 2.75) is 19.9 Å². The van der Waals surface area contributed by atoms with Crippen LogP contribution >= 0.6 is 0 Å². The van der Waals surface area contributed by atoms with Gasteiger partial charge >= 0.3 is 0 Å². The third-order valence-electron chi connectivity index (χ3n) is 2.65. The molecule has 0 aromatic heterocycles. The van der Waals surface area contributed by atoms with Gasteiger partial charge in [-0.1, -0.05) is 13.8 Å². The number of hydrogen-bond donors (Lipinski definition) is 2. The number of carbonyl (C=O) groups is 1. The van der Waals surface area contributed by atoms with E-state index in [0.29, 0.717) is 6.07 Å². The minimum atomic E-state index is -1.66. The van der Waals surface area contributed by atoms with Crippen LogP contribution in [0.5, 0.6) is 0 Å². The Balaban J connectivity index is 2.95. The number of halogens is 3. The summed E-state index contributed by atoms with van der Waals surface area (Å²) in [6.07, 6.45) is 0. The smallest absolute Gasteiger partial charge is 0.254 e. The lowest BCUT2D eigenvalue weighted by Crippen LogP contribution is -2.44. The van der Waals surface area contributed by atoms with Crippen molar-refractivity contribution in [3.63, 3.8) is 0 Å². The third kappa shape index (κ3) is 3.01. The number of benzene rings is 1. The van der Waals surface area contributed by atoms with Crippen molar-refractivity contribution in [3.8, 4) is 0 Å². The highest BCUT2D eigenvalue weighted by Gasteiger charge is 2.21. The van der Waals surface area contributed by atoms with E-state index in [9.17, 15) is 18.0 Å². The van der Waals surface area contributed by atoms with Gasteiger partial charge < -0.3 is 11.1 Å². The second-order valence-corrected chi connectivity index (χ2v) is 4.28. The first-order valence-corrected chi connectivity index (χ1v) is 5.52. The number of nitrogens with two attached hydrogens (primary N) is 1. The van der Waals surface area contributed by atoms with Crippen LogP contribution < -0.4 is 11.1 Å². The summed E-state index contributed by atoms with van der Waals surface area (Å²) in [5.74, 6) is -5.24. The number of nitrogens with one attached hydrogen (secondary N) is 1. The zero-order valence-corrected chi connectivity index (χ0v) is 10.1. The molecule has 3 N–H and O–H groups in total. The van der Waals surface area contributed by atoms with Gasteiger partial charge in [0.2, 0.25) is 0 Å². The molecule has 0 radical (unpaired) electrons. The molecule has 18 heavy (non-hydrogen) atoms. The quantitative estimate of drug-likeness (QED) is 0.811. The molecule has 1 atom stereocenters. The molecular weight excluding hydrogens is 245 g/mol. The first-order chi connectivity index (χ1) is 8.38. The van der Waals surface area contributed by atoms with Gasteiger partial charge in [0.05, 0.1) is 5.56 Å². The molecule has 0 saturated heterocycles. The molecule has 0 aliphatic rings. The number of amides is 1. The van der Waals surface area contributed by atoms with Crippen LogP contribution in [-0.2, 0) is 0 Å². The van der Waals surface area contributed by atoms with Crippen LogP contribution in [0.2, 0.25) is 0 Å². The zero-order valence-electron chi connectivity index (χ0n) is 10.1. The highest BCUT2D eigenvalue weighted by molar-refractivity contribution is 5.94. The van der Waals surface area contributed by atoms with Gasteiger partial charge in [-0.15, -0.1) is 0 Å². The Morgan fingerprint density at radius 3 is 2.39 bits per heavy atom. The first kappa shape index (κ1) is 14.5. The molecule has 0 spiro atoms. The van der Waals surface area contributed by atoms with E-state index in [-0.39, 0.29) is 18.5 Å². The Morgan fingerprint density at radius 1 is 1.28 bits per heavy atom. The summed E-state index contributed by atoms with van der Waals surface area (Å²) in [5.41, 5.74) is 4.92. The molecule has 0 fully saturated rings. The summed E-state index contributed by atoms with van der Waals surface area (Å²) in [5, 5.41) is 2.48. The SMILES string of the molecule is CC(C)C(CN)NC(=O)c1ccc(F)c(F)c1F. The molecule has 1 rings (SSSR count). The minimum Gasteiger partial charge on any atom is -0.348 e. The Morgan fingerprint density at radius 2 is 1.89 bits per heavy atom. The summed E-state index contributed by atoms with van der Waals surface area (Å²) in [6.45, 7) is 3.84. The first-order valence-electron chi connectivity index (χ1n) is 5.52. The van der Waals surface area contributed by atoms with Crippen molar-refractivity contribution in [2.24, 2.45) is 11.7 Å². The summed E-state index contributed by atoms with van der Waals surface area (Å²) in [4.78, 5) is 11.7. The summed E-state index contributed by atoms with van der Waals surface area (Å²) in [6, 6.07) is 1.25. The number of hydrogen-bond acceptors (Lipinski definition) is 2. The van der Waals surface area contributed by atoms with Crippen LogP contribution in [0.25, 0.3) is 0 Å². The normalized spacial score (nSPS) is 12.6. The van der Waals surface area contributed by atoms with E-state index < -0.39 is 28.9 Å². The molecule has 0 saturated carbocycles. The summed E-state index contributed by atoms with van der Waals surface area (Å²) < 4.78 is 39.0. The van der Waals surface area contributed by atoms with Gasteiger partial charge in [0.25, 0.3) is 5.91 Å². The van der Waals surface area contributed by atoms with E-state index in [1.54, 1.807) is 0 Å². The largest absolute Gasteiger partial charge is 0.348 e. The molecule has 0 bridgehead atoms. The standard InChI is InChI=1S/C12H15F3N2O/c1-6(2)9(5-16)17-12(18)7-3-4-8(13)11(15)10(7)14/h3-4,6,9H,5,16H2,1-2H3,(H,17,18). The molecule has 100 valence electrons. The molecule has 0 aliphatic heterocycles. The highest BCUT2D eigenvalue weighted by atomic mass is 19.2. The van der Waals surface area contributed by atoms with E-state index >= 15 is 0 Å². The van der Waals surface area contributed by atoms with Crippen LogP contribution in [-0.4, -0.2) is 18.5 Å². The second kappa shape index (κ2) is 5.86. The predicted molar refractivity (Wildman–Crippen MR) is 61.5 cm³/mol. The molecule has 1 aromatic rings.